The van der Waals surface area contributed by atoms with Crippen LogP contribution < -0.4 is 0 Å². The molecule has 0 saturated heterocycles. The Morgan fingerprint density at radius 3 is 2.56 bits per heavy atom. The fraction of sp³-hybridized carbons (Fsp3) is 0.824. The lowest BCUT2D eigenvalue weighted by Gasteiger charge is -2.55. The molecule has 1 fully saturated rings. The van der Waals surface area contributed by atoms with Crippen molar-refractivity contribution in [2.75, 3.05) is 0 Å². The van der Waals surface area contributed by atoms with Crippen molar-refractivity contribution in [3.63, 3.8) is 0 Å². The molecule has 0 amide bonds. The van der Waals surface area contributed by atoms with Crippen LogP contribution in [0.15, 0.2) is 11.1 Å². The quantitative estimate of drug-likeness (QED) is 0.607. The van der Waals surface area contributed by atoms with Crippen molar-refractivity contribution in [3.8, 4) is 0 Å². The highest BCUT2D eigenvalue weighted by molar-refractivity contribution is 5.97. The Bertz CT molecular complexity index is 415. The zero-order chi connectivity index (χ0) is 13.0. The molecule has 0 radical (unpaired) electrons. The maximum absolute atomic E-state index is 12.1. The molecule has 0 spiro atoms. The fourth-order valence-corrected chi connectivity index (χ4v) is 5.30. The Balaban J connectivity index is 2.06. The number of fused-ring (bicyclic) bond motifs is 2. The molecule has 0 aromatic heterocycles. The van der Waals surface area contributed by atoms with Crippen LogP contribution in [0.5, 0.6) is 0 Å². The Morgan fingerprint density at radius 2 is 1.78 bits per heavy atom. The summed E-state index contributed by atoms with van der Waals surface area (Å²) < 4.78 is 0. The normalized spacial score (nSPS) is 39.3. The molecule has 3 aliphatic rings. The number of hydrogen-bond acceptors (Lipinski definition) is 1. The van der Waals surface area contributed by atoms with Crippen LogP contribution in [0.25, 0.3) is 0 Å². The van der Waals surface area contributed by atoms with Gasteiger partial charge in [-0.2, -0.15) is 0 Å². The van der Waals surface area contributed by atoms with Gasteiger partial charge in [0.05, 0.1) is 0 Å². The molecule has 100 valence electrons. The summed E-state index contributed by atoms with van der Waals surface area (Å²) in [5, 5.41) is 0. The molecule has 0 aromatic rings. The number of carbonyl (C=O) groups excluding carboxylic acids is 1. The smallest absolute Gasteiger partial charge is 0.158 e. The van der Waals surface area contributed by atoms with Crippen molar-refractivity contribution in [2.24, 2.45) is 16.7 Å². The summed E-state index contributed by atoms with van der Waals surface area (Å²) >= 11 is 0. The largest absolute Gasteiger partial charge is 0.295 e. The minimum atomic E-state index is 0.339. The van der Waals surface area contributed by atoms with E-state index in [0.717, 1.165) is 25.2 Å². The number of allylic oxidation sites excluding steroid dienone is 2. The number of ketones is 1. The zero-order valence-corrected chi connectivity index (χ0v) is 12.1. The van der Waals surface area contributed by atoms with E-state index in [2.05, 4.69) is 20.8 Å². The summed E-state index contributed by atoms with van der Waals surface area (Å²) in [5.74, 6) is 1.27. The highest BCUT2D eigenvalue weighted by Crippen LogP contribution is 2.61. The van der Waals surface area contributed by atoms with Gasteiger partial charge in [-0.25, -0.2) is 0 Å². The van der Waals surface area contributed by atoms with E-state index in [1.807, 2.05) is 0 Å². The first-order chi connectivity index (χ1) is 8.45. The summed E-state index contributed by atoms with van der Waals surface area (Å²) in [6.07, 6.45) is 9.43. The Kier molecular flexibility index (Phi) is 2.73. The van der Waals surface area contributed by atoms with Gasteiger partial charge in [0.2, 0.25) is 0 Å². The third-order valence-electron chi connectivity index (χ3n) is 6.13. The highest BCUT2D eigenvalue weighted by atomic mass is 16.1. The van der Waals surface area contributed by atoms with Crippen LogP contribution in [0.4, 0.5) is 0 Å². The van der Waals surface area contributed by atoms with Crippen molar-refractivity contribution in [1.29, 1.82) is 0 Å². The molecule has 0 N–H and O–H groups in total. The van der Waals surface area contributed by atoms with Gasteiger partial charge in [-0.1, -0.05) is 32.8 Å². The summed E-state index contributed by atoms with van der Waals surface area (Å²) in [5.41, 5.74) is 3.62. The van der Waals surface area contributed by atoms with E-state index < -0.39 is 0 Å². The number of Topliss-reactive ketones (excluding diaryl/α,β-unsaturated/α-hetero) is 1. The SMILES string of the molecule is CC1(C)CCC[C@]2(C)C3=C(CC[C@@H]12)C(=O)CCC3. The molecular formula is C17H26O. The Labute approximate surface area is 111 Å². The molecular weight excluding hydrogens is 220 g/mol. The van der Waals surface area contributed by atoms with Crippen molar-refractivity contribution in [2.45, 2.75) is 72.1 Å². The van der Waals surface area contributed by atoms with Gasteiger partial charge in [-0.05, 0) is 60.8 Å². The van der Waals surface area contributed by atoms with Crippen LogP contribution in [0.3, 0.4) is 0 Å². The van der Waals surface area contributed by atoms with Crippen molar-refractivity contribution in [1.82, 2.24) is 0 Å². The van der Waals surface area contributed by atoms with Crippen LogP contribution >= 0.6 is 0 Å². The molecule has 3 aliphatic carbocycles. The molecule has 0 aliphatic heterocycles. The average Bonchev–Trinajstić information content (AvgIpc) is 2.29. The molecule has 1 nitrogen and oxygen atoms in total. The van der Waals surface area contributed by atoms with E-state index in [1.165, 1.54) is 37.7 Å². The molecule has 0 heterocycles. The molecule has 0 aromatic carbocycles. The topological polar surface area (TPSA) is 17.1 Å². The maximum atomic E-state index is 12.1. The standard InChI is InChI=1S/C17H26O/c1-16(2)10-5-11-17(3)13-6-4-7-14(18)12(13)8-9-15(16)17/h15H,4-11H2,1-3H3/t15-,17+/m0/s1. The number of carbonyl (C=O) groups is 1. The first-order valence-corrected chi connectivity index (χ1v) is 7.71. The summed E-state index contributed by atoms with van der Waals surface area (Å²) in [4.78, 5) is 12.1. The second-order valence-electron chi connectivity index (χ2n) is 7.58. The van der Waals surface area contributed by atoms with Crippen molar-refractivity contribution >= 4 is 5.78 Å². The van der Waals surface area contributed by atoms with Gasteiger partial charge in [-0.3, -0.25) is 4.79 Å². The van der Waals surface area contributed by atoms with Gasteiger partial charge in [0, 0.05) is 6.42 Å². The van der Waals surface area contributed by atoms with E-state index in [-0.39, 0.29) is 0 Å². The highest BCUT2D eigenvalue weighted by Gasteiger charge is 2.51. The first-order valence-electron chi connectivity index (χ1n) is 7.71. The van der Waals surface area contributed by atoms with E-state index in [0.29, 0.717) is 16.6 Å². The maximum Gasteiger partial charge on any atom is 0.158 e. The van der Waals surface area contributed by atoms with E-state index in [9.17, 15) is 4.79 Å². The molecule has 1 heteroatoms. The minimum absolute atomic E-state index is 0.339. The third-order valence-corrected chi connectivity index (χ3v) is 6.13. The summed E-state index contributed by atoms with van der Waals surface area (Å²) in [7, 11) is 0. The van der Waals surface area contributed by atoms with Crippen LogP contribution in [0, 0.1) is 16.7 Å². The molecule has 0 unspecified atom stereocenters. The fourth-order valence-electron chi connectivity index (χ4n) is 5.30. The van der Waals surface area contributed by atoms with Gasteiger partial charge in [0.1, 0.15) is 0 Å². The monoisotopic (exact) mass is 246 g/mol. The first kappa shape index (κ1) is 12.4. The lowest BCUT2D eigenvalue weighted by Crippen LogP contribution is -2.46. The molecule has 0 bridgehead atoms. The third kappa shape index (κ3) is 1.62. The molecule has 2 atom stereocenters. The lowest BCUT2D eigenvalue weighted by atomic mass is 9.49. The average molecular weight is 246 g/mol. The second-order valence-corrected chi connectivity index (χ2v) is 7.58. The number of rotatable bonds is 0. The van der Waals surface area contributed by atoms with Crippen LogP contribution in [-0.4, -0.2) is 5.78 Å². The van der Waals surface area contributed by atoms with E-state index >= 15 is 0 Å². The predicted octanol–water partition coefficient (Wildman–Crippen LogP) is 4.66. The Hall–Kier alpha value is -0.590. The number of hydrogen-bond donors (Lipinski definition) is 0. The summed E-state index contributed by atoms with van der Waals surface area (Å²) in [6, 6.07) is 0. The molecule has 1 saturated carbocycles. The van der Waals surface area contributed by atoms with E-state index in [4.69, 9.17) is 0 Å². The lowest BCUT2D eigenvalue weighted by molar-refractivity contribution is -0.117. The van der Waals surface area contributed by atoms with Gasteiger partial charge >= 0.3 is 0 Å². The second kappa shape index (κ2) is 3.95. The van der Waals surface area contributed by atoms with Crippen molar-refractivity contribution < 1.29 is 4.79 Å². The zero-order valence-electron chi connectivity index (χ0n) is 12.1. The minimum Gasteiger partial charge on any atom is -0.295 e. The van der Waals surface area contributed by atoms with Crippen LogP contribution in [0.1, 0.15) is 72.1 Å². The van der Waals surface area contributed by atoms with Crippen molar-refractivity contribution in [3.05, 3.63) is 11.1 Å². The predicted molar refractivity (Wildman–Crippen MR) is 74.3 cm³/mol. The molecule has 3 rings (SSSR count). The van der Waals surface area contributed by atoms with Gasteiger partial charge in [0.15, 0.2) is 5.78 Å². The van der Waals surface area contributed by atoms with Gasteiger partial charge in [-0.15, -0.1) is 0 Å². The summed E-state index contributed by atoms with van der Waals surface area (Å²) in [6.45, 7) is 7.36. The van der Waals surface area contributed by atoms with E-state index in [1.54, 1.807) is 5.57 Å². The van der Waals surface area contributed by atoms with Crippen LogP contribution in [0.2, 0.25) is 0 Å². The molecule has 18 heavy (non-hydrogen) atoms. The van der Waals surface area contributed by atoms with Gasteiger partial charge in [0.25, 0.3) is 0 Å². The van der Waals surface area contributed by atoms with Gasteiger partial charge < -0.3 is 0 Å². The van der Waals surface area contributed by atoms with Crippen LogP contribution in [-0.2, 0) is 4.79 Å². The Morgan fingerprint density at radius 1 is 1.00 bits per heavy atom.